The van der Waals surface area contributed by atoms with Crippen molar-refractivity contribution in [1.82, 2.24) is 19.6 Å². The zero-order chi connectivity index (χ0) is 24.8. The summed E-state index contributed by atoms with van der Waals surface area (Å²) in [5, 5.41) is 4.55. The summed E-state index contributed by atoms with van der Waals surface area (Å²) in [6, 6.07) is 8.65. The molecule has 1 atom stereocenters. The van der Waals surface area contributed by atoms with Crippen LogP contribution in [0, 0.1) is 12.8 Å². The van der Waals surface area contributed by atoms with Crippen molar-refractivity contribution >= 4 is 11.9 Å². The fraction of sp³-hybridized carbons (Fsp3) is 0.593. The Morgan fingerprint density at radius 2 is 1.71 bits per heavy atom. The second-order valence-corrected chi connectivity index (χ2v) is 9.57. The van der Waals surface area contributed by atoms with E-state index in [2.05, 4.69) is 34.0 Å². The van der Waals surface area contributed by atoms with E-state index in [4.69, 9.17) is 9.47 Å². The van der Waals surface area contributed by atoms with Crippen LogP contribution in [0.25, 0.3) is 5.69 Å². The molecule has 1 aromatic heterocycles. The maximum Gasteiger partial charge on any atom is 0.341 e. The fourth-order valence-electron chi connectivity index (χ4n) is 5.26. The Morgan fingerprint density at radius 1 is 1.00 bits per heavy atom. The average molecular weight is 483 g/mol. The van der Waals surface area contributed by atoms with Crippen molar-refractivity contribution in [2.24, 2.45) is 5.92 Å². The van der Waals surface area contributed by atoms with Crippen molar-refractivity contribution in [2.75, 3.05) is 39.4 Å². The number of nitrogens with zero attached hydrogens (tertiary/aromatic N) is 4. The maximum atomic E-state index is 12.7. The largest absolute Gasteiger partial charge is 0.466 e. The van der Waals surface area contributed by atoms with Crippen molar-refractivity contribution in [2.45, 2.75) is 59.0 Å². The van der Waals surface area contributed by atoms with Crippen LogP contribution in [0.3, 0.4) is 0 Å². The zero-order valence-corrected chi connectivity index (χ0v) is 21.2. The van der Waals surface area contributed by atoms with Crippen LogP contribution in [-0.4, -0.2) is 77.0 Å². The van der Waals surface area contributed by atoms with Gasteiger partial charge in [-0.1, -0.05) is 17.7 Å². The fourth-order valence-corrected chi connectivity index (χ4v) is 5.26. The minimum absolute atomic E-state index is 0.00211. The van der Waals surface area contributed by atoms with E-state index in [1.807, 2.05) is 30.7 Å². The summed E-state index contributed by atoms with van der Waals surface area (Å²) in [7, 11) is 0. The lowest BCUT2D eigenvalue weighted by molar-refractivity contribution is -0.150. The van der Waals surface area contributed by atoms with Gasteiger partial charge in [-0.3, -0.25) is 14.6 Å². The van der Waals surface area contributed by atoms with Gasteiger partial charge in [0.05, 0.1) is 36.7 Å². The van der Waals surface area contributed by atoms with E-state index in [1.165, 1.54) is 5.56 Å². The molecule has 0 aliphatic carbocycles. The number of ether oxygens (including phenoxy) is 2. The van der Waals surface area contributed by atoms with E-state index in [-0.39, 0.29) is 17.9 Å². The Morgan fingerprint density at radius 3 is 2.40 bits per heavy atom. The highest BCUT2D eigenvalue weighted by molar-refractivity contribution is 5.90. The van der Waals surface area contributed by atoms with Crippen LogP contribution in [0.1, 0.15) is 61.1 Å². The third-order valence-electron chi connectivity index (χ3n) is 7.16. The van der Waals surface area contributed by atoms with Crippen molar-refractivity contribution in [3.63, 3.8) is 0 Å². The molecule has 35 heavy (non-hydrogen) atoms. The summed E-state index contributed by atoms with van der Waals surface area (Å²) < 4.78 is 12.5. The molecule has 8 heteroatoms. The van der Waals surface area contributed by atoms with E-state index in [9.17, 15) is 9.59 Å². The number of aromatic nitrogens is 2. The zero-order valence-electron chi connectivity index (χ0n) is 21.2. The Hall–Kier alpha value is -2.71. The molecule has 3 heterocycles. The highest BCUT2D eigenvalue weighted by Gasteiger charge is 2.33. The second-order valence-electron chi connectivity index (χ2n) is 9.57. The first-order chi connectivity index (χ1) is 17.0. The number of hydrogen-bond donors (Lipinski definition) is 0. The Kier molecular flexibility index (Phi) is 8.57. The Bertz CT molecular complexity index is 995. The maximum absolute atomic E-state index is 12.7. The second kappa shape index (κ2) is 11.8. The molecular formula is C27H38N4O4. The quantitative estimate of drug-likeness (QED) is 0.532. The lowest BCUT2D eigenvalue weighted by Crippen LogP contribution is -2.49. The summed E-state index contributed by atoms with van der Waals surface area (Å²) in [6.07, 6.45) is 5.69. The van der Waals surface area contributed by atoms with Gasteiger partial charge in [0.25, 0.3) is 0 Å². The molecule has 0 saturated carbocycles. The molecule has 2 saturated heterocycles. The van der Waals surface area contributed by atoms with Crippen LogP contribution in [0.5, 0.6) is 0 Å². The smallest absolute Gasteiger partial charge is 0.341 e. The minimum Gasteiger partial charge on any atom is -0.466 e. The van der Waals surface area contributed by atoms with Crippen molar-refractivity contribution in [3.8, 4) is 5.69 Å². The van der Waals surface area contributed by atoms with Gasteiger partial charge < -0.3 is 9.47 Å². The first kappa shape index (κ1) is 25.4. The lowest BCUT2D eigenvalue weighted by atomic mass is 9.94. The van der Waals surface area contributed by atoms with E-state index < -0.39 is 0 Å². The summed E-state index contributed by atoms with van der Waals surface area (Å²) in [6.45, 7) is 10.9. The molecule has 0 N–H and O–H groups in total. The van der Waals surface area contributed by atoms with Crippen LogP contribution < -0.4 is 0 Å². The third kappa shape index (κ3) is 6.11. The number of benzene rings is 1. The molecule has 0 bridgehead atoms. The third-order valence-corrected chi connectivity index (χ3v) is 7.16. The number of carbonyl (C=O) groups is 2. The van der Waals surface area contributed by atoms with Gasteiger partial charge in [0, 0.05) is 32.2 Å². The molecule has 2 aromatic rings. The highest BCUT2D eigenvalue weighted by atomic mass is 16.5. The van der Waals surface area contributed by atoms with Gasteiger partial charge in [0.2, 0.25) is 0 Å². The standard InChI is InChI=1S/C27H38N4O4/c1-4-34-26(32)21-7-6-14-30(18-21)22-12-15-29(16-13-22)19-25-24(27(33)35-5-2)17-28-31(25)23-10-8-20(3)9-11-23/h8-11,17,21-22H,4-7,12-16,18-19H2,1-3H3. The Labute approximate surface area is 208 Å². The summed E-state index contributed by atoms with van der Waals surface area (Å²) in [4.78, 5) is 29.8. The number of aryl methyl sites for hydroxylation is 1. The lowest BCUT2D eigenvalue weighted by Gasteiger charge is -2.41. The predicted molar refractivity (Wildman–Crippen MR) is 133 cm³/mol. The highest BCUT2D eigenvalue weighted by Crippen LogP contribution is 2.26. The van der Waals surface area contributed by atoms with Gasteiger partial charge >= 0.3 is 11.9 Å². The Balaban J connectivity index is 1.43. The van der Waals surface area contributed by atoms with Gasteiger partial charge in [0.1, 0.15) is 5.56 Å². The van der Waals surface area contributed by atoms with Gasteiger partial charge in [-0.05, 0) is 65.1 Å². The molecule has 190 valence electrons. The molecule has 2 aliphatic rings. The summed E-state index contributed by atoms with van der Waals surface area (Å²) in [5.41, 5.74) is 3.52. The first-order valence-electron chi connectivity index (χ1n) is 12.9. The van der Waals surface area contributed by atoms with E-state index >= 15 is 0 Å². The van der Waals surface area contributed by atoms with Crippen molar-refractivity contribution < 1.29 is 19.1 Å². The van der Waals surface area contributed by atoms with Crippen LogP contribution in [0.15, 0.2) is 30.5 Å². The molecule has 1 aromatic carbocycles. The van der Waals surface area contributed by atoms with Crippen molar-refractivity contribution in [3.05, 3.63) is 47.3 Å². The molecule has 0 amide bonds. The molecular weight excluding hydrogens is 444 g/mol. The van der Waals surface area contributed by atoms with Crippen LogP contribution >= 0.6 is 0 Å². The van der Waals surface area contributed by atoms with Gasteiger partial charge in [-0.2, -0.15) is 5.10 Å². The predicted octanol–water partition coefficient (Wildman–Crippen LogP) is 3.60. The van der Waals surface area contributed by atoms with E-state index in [0.717, 1.165) is 63.2 Å². The molecule has 1 unspecified atom stereocenters. The molecule has 4 rings (SSSR count). The first-order valence-corrected chi connectivity index (χ1v) is 12.9. The minimum atomic E-state index is -0.325. The summed E-state index contributed by atoms with van der Waals surface area (Å²) >= 11 is 0. The van der Waals surface area contributed by atoms with Gasteiger partial charge in [0.15, 0.2) is 0 Å². The molecule has 2 fully saturated rings. The van der Waals surface area contributed by atoms with Crippen LogP contribution in [-0.2, 0) is 20.8 Å². The van der Waals surface area contributed by atoms with E-state index in [0.29, 0.717) is 31.4 Å². The molecule has 8 nitrogen and oxygen atoms in total. The molecule has 0 spiro atoms. The van der Waals surface area contributed by atoms with E-state index in [1.54, 1.807) is 6.20 Å². The number of esters is 2. The van der Waals surface area contributed by atoms with Crippen molar-refractivity contribution in [1.29, 1.82) is 0 Å². The number of carbonyl (C=O) groups excluding carboxylic acids is 2. The average Bonchev–Trinajstić information content (AvgIpc) is 3.29. The summed E-state index contributed by atoms with van der Waals surface area (Å²) in [5.74, 6) is -0.378. The van der Waals surface area contributed by atoms with Crippen LogP contribution in [0.4, 0.5) is 0 Å². The number of piperidine rings is 2. The van der Waals surface area contributed by atoms with Crippen LogP contribution in [0.2, 0.25) is 0 Å². The number of likely N-dealkylation sites (tertiary alicyclic amines) is 2. The normalized spacial score (nSPS) is 20.0. The molecule has 2 aliphatic heterocycles. The van der Waals surface area contributed by atoms with Gasteiger partial charge in [-0.15, -0.1) is 0 Å². The topological polar surface area (TPSA) is 76.9 Å². The number of hydrogen-bond acceptors (Lipinski definition) is 7. The SMILES string of the molecule is CCOC(=O)c1cnn(-c2ccc(C)cc2)c1CN1CCC(N2CCCC(C(=O)OCC)C2)CC1. The molecule has 0 radical (unpaired) electrons. The monoisotopic (exact) mass is 482 g/mol. The number of rotatable bonds is 8. The van der Waals surface area contributed by atoms with Gasteiger partial charge in [-0.25, -0.2) is 9.48 Å².